The number of piperidine rings is 1. The topological polar surface area (TPSA) is 51.4 Å². The van der Waals surface area contributed by atoms with Gasteiger partial charge in [-0.2, -0.15) is 0 Å². The summed E-state index contributed by atoms with van der Waals surface area (Å²) in [4.78, 5) is 6.43. The minimum Gasteiger partial charge on any atom is -0.396 e. The van der Waals surface area contributed by atoms with Crippen molar-refractivity contribution in [3.05, 3.63) is 18.5 Å². The fraction of sp³-hybridized carbons (Fsp3) is 0.643. The summed E-state index contributed by atoms with van der Waals surface area (Å²) in [7, 11) is 0. The van der Waals surface area contributed by atoms with Gasteiger partial charge >= 0.3 is 0 Å². The summed E-state index contributed by atoms with van der Waals surface area (Å²) < 4.78 is 5.38. The van der Waals surface area contributed by atoms with Gasteiger partial charge in [-0.3, -0.25) is 4.98 Å². The Labute approximate surface area is 108 Å². The van der Waals surface area contributed by atoms with E-state index in [1.165, 1.54) is 12.8 Å². The van der Waals surface area contributed by atoms with Crippen LogP contribution in [0.25, 0.3) is 0 Å². The smallest absolute Gasteiger partial charge is 0.0738 e. The monoisotopic (exact) mass is 247 g/mol. The minimum atomic E-state index is 0.426. The molecule has 3 rings (SSSR count). The average Bonchev–Trinajstić information content (AvgIpc) is 2.37. The molecule has 0 amide bonds. The first-order valence-electron chi connectivity index (χ1n) is 6.71. The van der Waals surface area contributed by atoms with Crippen molar-refractivity contribution < 1.29 is 4.74 Å². The second-order valence-corrected chi connectivity index (χ2v) is 5.84. The zero-order valence-corrected chi connectivity index (χ0v) is 10.9. The van der Waals surface area contributed by atoms with Crippen LogP contribution in [-0.4, -0.2) is 31.3 Å². The maximum Gasteiger partial charge on any atom is 0.0738 e. The van der Waals surface area contributed by atoms with Gasteiger partial charge in [-0.1, -0.05) is 6.92 Å². The number of aromatic nitrogens is 1. The second-order valence-electron chi connectivity index (χ2n) is 5.84. The van der Waals surface area contributed by atoms with Crippen molar-refractivity contribution in [1.29, 1.82) is 0 Å². The summed E-state index contributed by atoms with van der Waals surface area (Å²) in [5.41, 5.74) is 8.34. The third-order valence-corrected chi connectivity index (χ3v) is 4.51. The van der Waals surface area contributed by atoms with Crippen LogP contribution < -0.4 is 10.6 Å². The first-order chi connectivity index (χ1) is 8.69. The van der Waals surface area contributed by atoms with Gasteiger partial charge in [0.15, 0.2) is 0 Å². The normalized spacial score (nSPS) is 23.7. The summed E-state index contributed by atoms with van der Waals surface area (Å²) in [6.45, 7) is 6.42. The number of rotatable bonds is 2. The fourth-order valence-corrected chi connectivity index (χ4v) is 3.16. The highest BCUT2D eigenvalue weighted by molar-refractivity contribution is 5.66. The van der Waals surface area contributed by atoms with Gasteiger partial charge in [0.2, 0.25) is 0 Å². The van der Waals surface area contributed by atoms with Gasteiger partial charge in [0.05, 0.1) is 30.8 Å². The van der Waals surface area contributed by atoms with E-state index in [1.807, 2.05) is 12.3 Å². The van der Waals surface area contributed by atoms with E-state index in [0.717, 1.165) is 43.6 Å². The summed E-state index contributed by atoms with van der Waals surface area (Å²) in [6, 6.07) is 2.02. The molecule has 2 fully saturated rings. The number of anilines is 2. The van der Waals surface area contributed by atoms with E-state index in [1.54, 1.807) is 6.20 Å². The lowest BCUT2D eigenvalue weighted by molar-refractivity contribution is -0.138. The molecular formula is C14H21N3O. The Balaban J connectivity index is 1.65. The summed E-state index contributed by atoms with van der Waals surface area (Å²) in [5.74, 6) is 0.797. The maximum absolute atomic E-state index is 5.99. The van der Waals surface area contributed by atoms with E-state index in [-0.39, 0.29) is 0 Å². The van der Waals surface area contributed by atoms with Crippen molar-refractivity contribution in [3.63, 3.8) is 0 Å². The van der Waals surface area contributed by atoms with Gasteiger partial charge in [-0.05, 0) is 24.8 Å². The Kier molecular flexibility index (Phi) is 2.90. The predicted octanol–water partition coefficient (Wildman–Crippen LogP) is 1.92. The molecule has 0 unspecified atom stereocenters. The first kappa shape index (κ1) is 11.8. The Morgan fingerprint density at radius 1 is 1.39 bits per heavy atom. The van der Waals surface area contributed by atoms with E-state index >= 15 is 0 Å². The number of nitrogens with two attached hydrogens (primary N) is 1. The van der Waals surface area contributed by atoms with Gasteiger partial charge in [-0.25, -0.2) is 0 Å². The van der Waals surface area contributed by atoms with E-state index in [2.05, 4.69) is 16.8 Å². The van der Waals surface area contributed by atoms with Crippen LogP contribution in [0, 0.1) is 11.3 Å². The summed E-state index contributed by atoms with van der Waals surface area (Å²) >= 11 is 0. The number of ether oxygens (including phenoxy) is 1. The van der Waals surface area contributed by atoms with Gasteiger partial charge in [-0.15, -0.1) is 0 Å². The molecule has 4 heteroatoms. The molecule has 2 N–H and O–H groups in total. The van der Waals surface area contributed by atoms with Gasteiger partial charge in [0.1, 0.15) is 0 Å². The number of nitrogen functional groups attached to an aromatic ring is 1. The lowest BCUT2D eigenvalue weighted by Crippen LogP contribution is -2.50. The molecule has 1 aromatic heterocycles. The van der Waals surface area contributed by atoms with Gasteiger partial charge in [0.25, 0.3) is 0 Å². The number of hydrogen-bond donors (Lipinski definition) is 1. The lowest BCUT2D eigenvalue weighted by atomic mass is 9.71. The molecule has 0 bridgehead atoms. The molecule has 18 heavy (non-hydrogen) atoms. The summed E-state index contributed by atoms with van der Waals surface area (Å²) in [5, 5.41) is 0. The van der Waals surface area contributed by atoms with Crippen LogP contribution in [-0.2, 0) is 4.74 Å². The molecule has 0 aliphatic carbocycles. The molecule has 1 aromatic rings. The third-order valence-electron chi connectivity index (χ3n) is 4.51. The maximum atomic E-state index is 5.99. The quantitative estimate of drug-likeness (QED) is 0.867. The van der Waals surface area contributed by atoms with E-state index in [9.17, 15) is 0 Å². The Morgan fingerprint density at radius 2 is 2.11 bits per heavy atom. The molecule has 0 atom stereocenters. The third kappa shape index (κ3) is 1.94. The van der Waals surface area contributed by atoms with Crippen LogP contribution in [0.2, 0.25) is 0 Å². The lowest BCUT2D eigenvalue weighted by Gasteiger charge is -2.48. The molecule has 2 aliphatic rings. The molecule has 0 radical (unpaired) electrons. The van der Waals surface area contributed by atoms with Crippen LogP contribution in [0.3, 0.4) is 0 Å². The number of nitrogens with zero attached hydrogens (tertiary/aromatic N) is 2. The Hall–Kier alpha value is -1.29. The standard InChI is InChI=1S/C14H21N3O/c1-14(9-18-10-14)11-3-6-17(7-4-11)13-2-5-16-8-12(13)15/h2,5,8,11H,3-4,6-7,9-10,15H2,1H3. The molecule has 0 saturated carbocycles. The summed E-state index contributed by atoms with van der Waals surface area (Å²) in [6.07, 6.45) is 6.03. The van der Waals surface area contributed by atoms with Crippen molar-refractivity contribution in [2.45, 2.75) is 19.8 Å². The van der Waals surface area contributed by atoms with Gasteiger partial charge in [0, 0.05) is 24.7 Å². The van der Waals surface area contributed by atoms with Crippen LogP contribution in [0.5, 0.6) is 0 Å². The molecule has 0 aromatic carbocycles. The van der Waals surface area contributed by atoms with E-state index in [4.69, 9.17) is 10.5 Å². The highest BCUT2D eigenvalue weighted by Crippen LogP contribution is 2.41. The average molecular weight is 247 g/mol. The van der Waals surface area contributed by atoms with Crippen LogP contribution in [0.15, 0.2) is 18.5 Å². The molecule has 0 spiro atoms. The van der Waals surface area contributed by atoms with Crippen molar-refractivity contribution in [2.75, 3.05) is 36.9 Å². The van der Waals surface area contributed by atoms with Crippen molar-refractivity contribution in [1.82, 2.24) is 4.98 Å². The molecule has 98 valence electrons. The van der Waals surface area contributed by atoms with E-state index < -0.39 is 0 Å². The minimum absolute atomic E-state index is 0.426. The Bertz CT molecular complexity index is 423. The van der Waals surface area contributed by atoms with Crippen molar-refractivity contribution >= 4 is 11.4 Å². The van der Waals surface area contributed by atoms with Crippen molar-refractivity contribution in [2.24, 2.45) is 11.3 Å². The fourth-order valence-electron chi connectivity index (χ4n) is 3.16. The first-order valence-corrected chi connectivity index (χ1v) is 6.71. The Morgan fingerprint density at radius 3 is 2.67 bits per heavy atom. The van der Waals surface area contributed by atoms with Crippen LogP contribution >= 0.6 is 0 Å². The largest absolute Gasteiger partial charge is 0.396 e. The highest BCUT2D eigenvalue weighted by atomic mass is 16.5. The van der Waals surface area contributed by atoms with Crippen LogP contribution in [0.4, 0.5) is 11.4 Å². The van der Waals surface area contributed by atoms with E-state index in [0.29, 0.717) is 5.41 Å². The zero-order chi connectivity index (χ0) is 12.6. The number of pyridine rings is 1. The van der Waals surface area contributed by atoms with Crippen LogP contribution in [0.1, 0.15) is 19.8 Å². The molecule has 2 saturated heterocycles. The SMILES string of the molecule is CC1(C2CCN(c3ccncc3N)CC2)COC1. The molecule has 3 heterocycles. The second kappa shape index (κ2) is 4.43. The number of hydrogen-bond acceptors (Lipinski definition) is 4. The molecular weight excluding hydrogens is 226 g/mol. The van der Waals surface area contributed by atoms with Gasteiger partial charge < -0.3 is 15.4 Å². The van der Waals surface area contributed by atoms with Crippen molar-refractivity contribution in [3.8, 4) is 0 Å². The highest BCUT2D eigenvalue weighted by Gasteiger charge is 2.42. The predicted molar refractivity (Wildman–Crippen MR) is 72.5 cm³/mol. The molecule has 2 aliphatic heterocycles. The molecule has 4 nitrogen and oxygen atoms in total. The zero-order valence-electron chi connectivity index (χ0n) is 10.9.